The number of halogens is 1. The highest BCUT2D eigenvalue weighted by atomic mass is 79.9. The van der Waals surface area contributed by atoms with Crippen molar-refractivity contribution in [2.24, 2.45) is 0 Å². The van der Waals surface area contributed by atoms with Crippen LogP contribution in [0.2, 0.25) is 0 Å². The van der Waals surface area contributed by atoms with Gasteiger partial charge in [-0.2, -0.15) is 0 Å². The first-order chi connectivity index (χ1) is 6.29. The van der Waals surface area contributed by atoms with Crippen LogP contribution in [0.25, 0.3) is 10.9 Å². The van der Waals surface area contributed by atoms with E-state index in [0.717, 1.165) is 15.5 Å². The average molecular weight is 228 g/mol. The molecule has 0 spiro atoms. The van der Waals surface area contributed by atoms with E-state index >= 15 is 0 Å². The summed E-state index contributed by atoms with van der Waals surface area (Å²) in [6, 6.07) is 8.29. The molecule has 0 radical (unpaired) electrons. The summed E-state index contributed by atoms with van der Waals surface area (Å²) in [6.07, 6.45) is 0. The molecule has 0 fully saturated rings. The minimum atomic E-state index is 0.528. The molecule has 0 saturated carbocycles. The van der Waals surface area contributed by atoms with Crippen molar-refractivity contribution in [3.63, 3.8) is 0 Å². The van der Waals surface area contributed by atoms with E-state index in [2.05, 4.69) is 20.9 Å². The van der Waals surface area contributed by atoms with Gasteiger partial charge < -0.3 is 4.98 Å². The maximum absolute atomic E-state index is 7.59. The lowest BCUT2D eigenvalue weighted by Gasteiger charge is -1.83. The van der Waals surface area contributed by atoms with Crippen molar-refractivity contribution >= 4 is 26.8 Å². The Balaban J connectivity index is 0.000000396. The molecule has 2 rings (SSSR count). The van der Waals surface area contributed by atoms with Crippen LogP contribution in [0.15, 0.2) is 34.9 Å². The molecular weight excluding hydrogens is 214 g/mol. The van der Waals surface area contributed by atoms with Gasteiger partial charge in [0.05, 0.1) is 5.97 Å². The highest BCUT2D eigenvalue weighted by Gasteiger charge is 1.93. The molecule has 0 aliphatic rings. The number of nitrogens with one attached hydrogen (secondary N) is 1. The van der Waals surface area contributed by atoms with Gasteiger partial charge in [-0.25, -0.2) is 0 Å². The summed E-state index contributed by atoms with van der Waals surface area (Å²) >= 11 is 3.27. The van der Waals surface area contributed by atoms with Gasteiger partial charge in [-0.05, 0) is 28.0 Å². The van der Waals surface area contributed by atoms with Crippen molar-refractivity contribution in [2.45, 2.75) is 13.8 Å². The Morgan fingerprint density at radius 2 is 2.00 bits per heavy atom. The summed E-state index contributed by atoms with van der Waals surface area (Å²) in [5.41, 5.74) is 1.00. The van der Waals surface area contributed by atoms with Crippen LogP contribution in [0.3, 0.4) is 0 Å². The third-order valence-corrected chi connectivity index (χ3v) is 1.81. The zero-order valence-electron chi connectivity index (χ0n) is 8.19. The quantitative estimate of drug-likeness (QED) is 0.702. The average Bonchev–Trinajstić information content (AvgIpc) is 2.47. The largest absolute Gasteiger partial charge is 0.349 e. The Kier molecular flexibility index (Phi) is 2.83. The van der Waals surface area contributed by atoms with Crippen LogP contribution >= 0.6 is 15.9 Å². The Labute approximate surface area is 82.3 Å². The second-order valence-electron chi connectivity index (χ2n) is 2.11. The molecular formula is C10H12BrN. The molecule has 0 aliphatic heterocycles. The summed E-state index contributed by atoms with van der Waals surface area (Å²) in [6.45, 7) is 4.00. The van der Waals surface area contributed by atoms with Gasteiger partial charge in [-0.1, -0.05) is 32.0 Å². The number of hydrogen-bond acceptors (Lipinski definition) is 0. The van der Waals surface area contributed by atoms with E-state index in [-0.39, 0.29) is 0 Å². The third kappa shape index (κ3) is 1.89. The fourth-order valence-corrected chi connectivity index (χ4v) is 1.40. The number of aromatic nitrogens is 1. The van der Waals surface area contributed by atoms with E-state index in [9.17, 15) is 0 Å². The normalized spacial score (nSPS) is 10.4. The standard InChI is InChI=1S/C8H6BrN.C2H6/c9-8-5-6-3-1-2-4-7(6)10-8;1-2/h1-5,10H;1-2H3/i5T;. The molecule has 2 aromatic rings. The summed E-state index contributed by atoms with van der Waals surface area (Å²) < 4.78 is 8.34. The second kappa shape index (κ2) is 4.31. The molecule has 0 amide bonds. The van der Waals surface area contributed by atoms with Gasteiger partial charge in [-0.15, -0.1) is 0 Å². The third-order valence-electron chi connectivity index (χ3n) is 1.42. The van der Waals surface area contributed by atoms with Crippen molar-refractivity contribution < 1.29 is 1.37 Å². The maximum Gasteiger partial charge on any atom is 0.0830 e. The van der Waals surface area contributed by atoms with Crippen molar-refractivity contribution in [1.29, 1.82) is 0 Å². The SMILES string of the molecule is CC.[3H]c1c(Br)[nH]c2ccccc12. The van der Waals surface area contributed by atoms with Crippen molar-refractivity contribution in [3.05, 3.63) is 34.9 Å². The Bertz CT molecular complexity index is 395. The van der Waals surface area contributed by atoms with Gasteiger partial charge in [0, 0.05) is 10.9 Å². The molecule has 12 heavy (non-hydrogen) atoms. The van der Waals surface area contributed by atoms with Crippen LogP contribution in [0.5, 0.6) is 0 Å². The van der Waals surface area contributed by atoms with Crippen molar-refractivity contribution in [3.8, 4) is 0 Å². The summed E-state index contributed by atoms with van der Waals surface area (Å²) in [7, 11) is 0. The maximum atomic E-state index is 7.59. The summed E-state index contributed by atoms with van der Waals surface area (Å²) in [5, 5.41) is 0.958. The molecule has 0 saturated heterocycles. The lowest BCUT2D eigenvalue weighted by atomic mass is 10.3. The van der Waals surface area contributed by atoms with E-state index in [0.29, 0.717) is 6.04 Å². The molecule has 1 heterocycles. The Hall–Kier alpha value is -0.760. The minimum Gasteiger partial charge on any atom is -0.349 e. The molecule has 0 unspecified atom stereocenters. The van der Waals surface area contributed by atoms with Gasteiger partial charge in [0.1, 0.15) is 0 Å². The number of fused-ring (bicyclic) bond motifs is 1. The first-order valence-electron chi connectivity index (χ1n) is 4.52. The molecule has 64 valence electrons. The molecule has 1 N–H and O–H groups in total. The number of para-hydroxylation sites is 1. The van der Waals surface area contributed by atoms with Gasteiger partial charge in [0.2, 0.25) is 0 Å². The lowest BCUT2D eigenvalue weighted by Crippen LogP contribution is -1.62. The minimum absolute atomic E-state index is 0.528. The predicted molar refractivity (Wildman–Crippen MR) is 57.3 cm³/mol. The molecule has 1 nitrogen and oxygen atoms in total. The molecule has 1 aromatic heterocycles. The predicted octanol–water partition coefficient (Wildman–Crippen LogP) is 3.96. The lowest BCUT2D eigenvalue weighted by molar-refractivity contribution is 1.41. The van der Waals surface area contributed by atoms with E-state index in [1.54, 1.807) is 0 Å². The van der Waals surface area contributed by atoms with Gasteiger partial charge in [-0.3, -0.25) is 0 Å². The van der Waals surface area contributed by atoms with Crippen LogP contribution < -0.4 is 0 Å². The fourth-order valence-electron chi connectivity index (χ4n) is 0.969. The number of benzene rings is 1. The van der Waals surface area contributed by atoms with Gasteiger partial charge in [0.15, 0.2) is 0 Å². The number of H-pyrrole nitrogens is 1. The van der Waals surface area contributed by atoms with E-state index < -0.39 is 0 Å². The first-order valence-corrected chi connectivity index (χ1v) is 4.81. The zero-order chi connectivity index (χ0) is 9.84. The highest BCUT2D eigenvalue weighted by molar-refractivity contribution is 9.10. The Morgan fingerprint density at radius 1 is 1.33 bits per heavy atom. The zero-order valence-corrected chi connectivity index (χ0v) is 8.77. The van der Waals surface area contributed by atoms with Crippen LogP contribution in [-0.4, -0.2) is 4.98 Å². The number of aromatic amines is 1. The van der Waals surface area contributed by atoms with Crippen molar-refractivity contribution in [1.82, 2.24) is 4.98 Å². The van der Waals surface area contributed by atoms with Crippen LogP contribution in [-0.2, 0) is 0 Å². The topological polar surface area (TPSA) is 15.8 Å². The van der Waals surface area contributed by atoms with E-state index in [1.807, 2.05) is 38.1 Å². The van der Waals surface area contributed by atoms with Gasteiger partial charge in [0.25, 0.3) is 0 Å². The first kappa shape index (κ1) is 7.87. The van der Waals surface area contributed by atoms with E-state index in [1.165, 1.54) is 0 Å². The molecule has 0 bridgehead atoms. The monoisotopic (exact) mass is 227 g/mol. The van der Waals surface area contributed by atoms with Crippen LogP contribution in [0.1, 0.15) is 15.2 Å². The second-order valence-corrected chi connectivity index (χ2v) is 2.90. The highest BCUT2D eigenvalue weighted by Crippen LogP contribution is 2.17. The summed E-state index contributed by atoms with van der Waals surface area (Å²) in [5.74, 6) is 0. The number of rotatable bonds is 0. The smallest absolute Gasteiger partial charge is 0.0830 e. The van der Waals surface area contributed by atoms with Crippen LogP contribution in [0.4, 0.5) is 0 Å². The fraction of sp³-hybridized carbons (Fsp3) is 0.200. The van der Waals surface area contributed by atoms with Crippen molar-refractivity contribution in [2.75, 3.05) is 0 Å². The van der Waals surface area contributed by atoms with Gasteiger partial charge >= 0.3 is 0 Å². The molecule has 0 atom stereocenters. The number of hydrogen-bond donors (Lipinski definition) is 1. The summed E-state index contributed by atoms with van der Waals surface area (Å²) in [4.78, 5) is 3.06. The molecule has 1 aromatic carbocycles. The van der Waals surface area contributed by atoms with Crippen LogP contribution in [0, 0.1) is 0 Å². The molecule has 2 heteroatoms. The molecule has 0 aliphatic carbocycles. The Morgan fingerprint density at radius 3 is 2.67 bits per heavy atom. The van der Waals surface area contributed by atoms with E-state index in [4.69, 9.17) is 1.37 Å².